The Balaban J connectivity index is 0.000000708. The minimum atomic E-state index is -5.08. The van der Waals surface area contributed by atoms with Crippen molar-refractivity contribution in [3.05, 3.63) is 70.9 Å². The monoisotopic (exact) mass is 571 g/mol. The first kappa shape index (κ1) is 31.7. The van der Waals surface area contributed by atoms with Crippen molar-refractivity contribution in [3.63, 3.8) is 0 Å². The second-order valence-corrected chi connectivity index (χ2v) is 8.78. The van der Waals surface area contributed by atoms with Crippen molar-refractivity contribution in [3.8, 4) is 5.75 Å². The number of hydrogen-bond acceptors (Lipinski definition) is 5. The molecule has 1 unspecified atom stereocenters. The topological polar surface area (TPSA) is 138 Å². The largest absolute Gasteiger partial charge is 0.490 e. The number of carbonyl (C=O) groups is 3. The Bertz CT molecular complexity index is 1380. The van der Waals surface area contributed by atoms with E-state index in [4.69, 9.17) is 19.7 Å². The van der Waals surface area contributed by atoms with Crippen molar-refractivity contribution >= 4 is 28.9 Å². The lowest BCUT2D eigenvalue weighted by molar-refractivity contribution is -0.192. The molecule has 40 heavy (non-hydrogen) atoms. The van der Waals surface area contributed by atoms with Gasteiger partial charge in [0.05, 0.1) is 16.7 Å². The number of fused-ring (bicyclic) bond motifs is 1. The summed E-state index contributed by atoms with van der Waals surface area (Å²) in [5, 5.41) is 21.9. The van der Waals surface area contributed by atoms with E-state index in [9.17, 15) is 31.5 Å². The maximum Gasteiger partial charge on any atom is 0.490 e. The highest BCUT2D eigenvalue weighted by molar-refractivity contribution is 6.07. The van der Waals surface area contributed by atoms with Crippen molar-refractivity contribution in [2.75, 3.05) is 6.54 Å². The van der Waals surface area contributed by atoms with E-state index in [1.807, 2.05) is 6.92 Å². The summed E-state index contributed by atoms with van der Waals surface area (Å²) in [4.78, 5) is 37.4. The highest BCUT2D eigenvalue weighted by Gasteiger charge is 2.38. The zero-order chi connectivity index (χ0) is 30.3. The zero-order valence-corrected chi connectivity index (χ0v) is 21.5. The number of halogens is 5. The Kier molecular flexibility index (Phi) is 10.3. The molecule has 3 rings (SSSR count). The molecule has 2 aromatic carbocycles. The number of aromatic nitrogens is 1. The smallest absolute Gasteiger partial charge is 0.486 e. The van der Waals surface area contributed by atoms with Gasteiger partial charge in [-0.05, 0) is 44.5 Å². The molecule has 0 spiro atoms. The number of carboxylic acid groups (broad SMARTS) is 2. The molecule has 0 saturated carbocycles. The Hall–Kier alpha value is -4.49. The molecule has 3 aromatic rings. The van der Waals surface area contributed by atoms with Crippen LogP contribution in [0.3, 0.4) is 0 Å². The number of alkyl halides is 3. The molecule has 0 aliphatic rings. The number of carboxylic acids is 1. The van der Waals surface area contributed by atoms with Crippen LogP contribution in [0.1, 0.15) is 41.9 Å². The lowest BCUT2D eigenvalue weighted by Crippen LogP contribution is -2.52. The number of amides is 2. The van der Waals surface area contributed by atoms with E-state index in [-0.39, 0.29) is 24.5 Å². The standard InChI is InChI=1S/C24H25F2N3O4.C2HF3O2/c1-4-24(3,29-23(31)32)13-27-22(30)16-11-14(2)28-21-15(16)7-5-10-20(21)33-12-17-18(25)8-6-9-19(17)26;3-2(4,5)1(6)7/h5-11,29H,4,12-13H2,1-3H3,(H,27,30)(H,31,32);(H,6,7). The van der Waals surface area contributed by atoms with Crippen LogP contribution in [0.5, 0.6) is 5.75 Å². The van der Waals surface area contributed by atoms with Gasteiger partial charge < -0.3 is 25.6 Å². The van der Waals surface area contributed by atoms with Gasteiger partial charge >= 0.3 is 18.2 Å². The van der Waals surface area contributed by atoms with E-state index in [1.54, 1.807) is 38.1 Å². The number of ether oxygens (including phenoxy) is 1. The van der Waals surface area contributed by atoms with Gasteiger partial charge in [-0.2, -0.15) is 13.2 Å². The van der Waals surface area contributed by atoms with Crippen molar-refractivity contribution < 1.29 is 51.3 Å². The van der Waals surface area contributed by atoms with Crippen molar-refractivity contribution in [1.29, 1.82) is 0 Å². The molecule has 0 saturated heterocycles. The van der Waals surface area contributed by atoms with E-state index in [1.165, 1.54) is 6.07 Å². The number of aliphatic carboxylic acids is 1. The second kappa shape index (κ2) is 13.0. The Morgan fingerprint density at radius 2 is 1.60 bits per heavy atom. The van der Waals surface area contributed by atoms with Crippen LogP contribution in [-0.4, -0.2) is 51.4 Å². The maximum atomic E-state index is 14.0. The number of para-hydroxylation sites is 1. The number of nitrogens with zero attached hydrogens (tertiary/aromatic N) is 1. The van der Waals surface area contributed by atoms with E-state index < -0.39 is 41.3 Å². The predicted molar refractivity (Wildman–Crippen MR) is 133 cm³/mol. The summed E-state index contributed by atoms with van der Waals surface area (Å²) < 4.78 is 65.3. The molecule has 216 valence electrons. The molecule has 0 bridgehead atoms. The quantitative estimate of drug-likeness (QED) is 0.273. The number of benzene rings is 2. The first-order valence-electron chi connectivity index (χ1n) is 11.6. The first-order valence-corrected chi connectivity index (χ1v) is 11.6. The molecule has 0 aliphatic carbocycles. The molecule has 14 heteroatoms. The summed E-state index contributed by atoms with van der Waals surface area (Å²) in [5.41, 5.74) is 0.208. The molecule has 1 aromatic heterocycles. The molecule has 1 heterocycles. The third kappa shape index (κ3) is 8.51. The number of hydrogen-bond donors (Lipinski definition) is 4. The van der Waals surface area contributed by atoms with Crippen LogP contribution in [0.4, 0.5) is 26.7 Å². The zero-order valence-electron chi connectivity index (χ0n) is 21.5. The summed E-state index contributed by atoms with van der Waals surface area (Å²) in [7, 11) is 0. The van der Waals surface area contributed by atoms with Crippen molar-refractivity contribution in [2.45, 2.75) is 45.5 Å². The molecule has 1 atom stereocenters. The summed E-state index contributed by atoms with van der Waals surface area (Å²) in [5.74, 6) is -4.32. The molecule has 0 fully saturated rings. The SMILES string of the molecule is CCC(C)(CNC(=O)c1cc(C)nc2c(OCc3c(F)cccc3F)cccc12)NC(=O)O.O=C(O)C(F)(F)F. The number of aryl methyl sites for hydroxylation is 1. The van der Waals surface area contributed by atoms with Gasteiger partial charge in [-0.15, -0.1) is 0 Å². The summed E-state index contributed by atoms with van der Waals surface area (Å²) in [6, 6.07) is 10.2. The van der Waals surface area contributed by atoms with Crippen molar-refractivity contribution in [2.24, 2.45) is 0 Å². The number of pyridine rings is 1. The number of nitrogens with one attached hydrogen (secondary N) is 2. The Morgan fingerprint density at radius 1 is 1.02 bits per heavy atom. The van der Waals surface area contributed by atoms with Crippen LogP contribution in [0, 0.1) is 18.6 Å². The fraction of sp³-hybridized carbons (Fsp3) is 0.308. The van der Waals surface area contributed by atoms with Gasteiger partial charge in [-0.1, -0.05) is 25.1 Å². The van der Waals surface area contributed by atoms with Crippen molar-refractivity contribution in [1.82, 2.24) is 15.6 Å². The van der Waals surface area contributed by atoms with Crippen LogP contribution in [0.25, 0.3) is 10.9 Å². The number of rotatable bonds is 8. The van der Waals surface area contributed by atoms with Gasteiger partial charge in [0.2, 0.25) is 0 Å². The van der Waals surface area contributed by atoms with Gasteiger partial charge in [-0.25, -0.2) is 23.4 Å². The lowest BCUT2D eigenvalue weighted by atomic mass is 9.98. The average molecular weight is 571 g/mol. The highest BCUT2D eigenvalue weighted by atomic mass is 19.4. The average Bonchev–Trinajstić information content (AvgIpc) is 2.86. The lowest BCUT2D eigenvalue weighted by Gasteiger charge is -2.28. The maximum absolute atomic E-state index is 14.0. The van der Waals surface area contributed by atoms with Crippen LogP contribution < -0.4 is 15.4 Å². The van der Waals surface area contributed by atoms with Gasteiger partial charge in [0.25, 0.3) is 5.91 Å². The summed E-state index contributed by atoms with van der Waals surface area (Å²) in [6.07, 6.45) is -5.79. The van der Waals surface area contributed by atoms with E-state index in [2.05, 4.69) is 15.6 Å². The molecule has 0 radical (unpaired) electrons. The van der Waals surface area contributed by atoms with Crippen LogP contribution >= 0.6 is 0 Å². The number of carbonyl (C=O) groups excluding carboxylic acids is 1. The molecular formula is C26H26F5N3O6. The minimum absolute atomic E-state index is 0.0836. The molecule has 0 aliphatic heterocycles. The van der Waals surface area contributed by atoms with Gasteiger partial charge in [0.15, 0.2) is 0 Å². The Morgan fingerprint density at radius 3 is 2.12 bits per heavy atom. The van der Waals surface area contributed by atoms with E-state index in [0.29, 0.717) is 28.6 Å². The molecule has 2 amide bonds. The molecule has 4 N–H and O–H groups in total. The second-order valence-electron chi connectivity index (χ2n) is 8.78. The van der Waals surface area contributed by atoms with E-state index in [0.717, 1.165) is 12.1 Å². The minimum Gasteiger partial charge on any atom is -0.486 e. The van der Waals surface area contributed by atoms with Gasteiger partial charge in [-0.3, -0.25) is 4.79 Å². The van der Waals surface area contributed by atoms with Crippen LogP contribution in [0.15, 0.2) is 42.5 Å². The first-order chi connectivity index (χ1) is 18.6. The van der Waals surface area contributed by atoms with E-state index >= 15 is 0 Å². The highest BCUT2D eigenvalue weighted by Crippen LogP contribution is 2.28. The predicted octanol–water partition coefficient (Wildman–Crippen LogP) is 5.20. The normalized spacial score (nSPS) is 12.5. The Labute approximate surface area is 225 Å². The third-order valence-electron chi connectivity index (χ3n) is 5.68. The van der Waals surface area contributed by atoms with Gasteiger partial charge in [0.1, 0.15) is 29.5 Å². The summed E-state index contributed by atoms with van der Waals surface area (Å²) >= 11 is 0. The van der Waals surface area contributed by atoms with Gasteiger partial charge in [0, 0.05) is 17.6 Å². The fourth-order valence-electron chi connectivity index (χ4n) is 3.36. The molecular weight excluding hydrogens is 545 g/mol. The third-order valence-corrected chi connectivity index (χ3v) is 5.68. The van der Waals surface area contributed by atoms with Crippen LogP contribution in [-0.2, 0) is 11.4 Å². The van der Waals surface area contributed by atoms with Crippen LogP contribution in [0.2, 0.25) is 0 Å². The summed E-state index contributed by atoms with van der Waals surface area (Å²) in [6.45, 7) is 4.97. The molecule has 9 nitrogen and oxygen atoms in total. The fourth-order valence-corrected chi connectivity index (χ4v) is 3.36.